The molecule has 0 bridgehead atoms. The molecule has 1 aliphatic rings. The summed E-state index contributed by atoms with van der Waals surface area (Å²) in [5.41, 5.74) is 1.26. The first-order valence-electron chi connectivity index (χ1n) is 8.11. The lowest BCUT2D eigenvalue weighted by molar-refractivity contribution is 0.0697. The number of rotatable bonds is 4. The van der Waals surface area contributed by atoms with E-state index in [2.05, 4.69) is 4.98 Å². The summed E-state index contributed by atoms with van der Waals surface area (Å²) in [7, 11) is 3.12. The number of halogens is 1. The molecule has 0 atom stereocenters. The number of fused-ring (bicyclic) bond motifs is 2. The van der Waals surface area contributed by atoms with E-state index < -0.39 is 0 Å². The maximum absolute atomic E-state index is 12.9. The van der Waals surface area contributed by atoms with Crippen LogP contribution in [-0.4, -0.2) is 36.6 Å². The molecular weight excluding hydrogens is 360 g/mol. The zero-order valence-electron chi connectivity index (χ0n) is 14.4. The number of hydrogen-bond donors (Lipinski definition) is 0. The van der Waals surface area contributed by atoms with E-state index in [0.29, 0.717) is 48.4 Å². The van der Waals surface area contributed by atoms with Gasteiger partial charge in [-0.2, -0.15) is 0 Å². The quantitative estimate of drug-likeness (QED) is 0.694. The predicted molar refractivity (Wildman–Crippen MR) is 93.4 cm³/mol. The summed E-state index contributed by atoms with van der Waals surface area (Å²) < 4.78 is 21.7. The first-order valence-corrected chi connectivity index (χ1v) is 8.49. The molecule has 0 radical (unpaired) electrons. The number of oxazole rings is 1. The predicted octanol–water partition coefficient (Wildman–Crippen LogP) is 3.43. The van der Waals surface area contributed by atoms with Gasteiger partial charge in [0.15, 0.2) is 17.1 Å². The Morgan fingerprint density at radius 2 is 2.15 bits per heavy atom. The minimum absolute atomic E-state index is 0.207. The number of ether oxygens (including phenoxy) is 2. The standard InChI is InChI=1S/C18H17ClN2O5/c1-23-9-16-20-12-8-21(4-3-13(12)25-16)18(22)15-6-10-5-11(19)7-14(24-2)17(10)26-15/h5-7H,3-4,8-9H2,1-2H3. The molecule has 0 unspecified atom stereocenters. The van der Waals surface area contributed by atoms with Gasteiger partial charge in [-0.3, -0.25) is 4.79 Å². The van der Waals surface area contributed by atoms with Crippen molar-refractivity contribution in [1.82, 2.24) is 9.88 Å². The third kappa shape index (κ3) is 2.93. The zero-order valence-corrected chi connectivity index (χ0v) is 15.1. The Kier molecular flexibility index (Phi) is 4.34. The Labute approximate surface area is 154 Å². The van der Waals surface area contributed by atoms with Crippen LogP contribution in [0.3, 0.4) is 0 Å². The van der Waals surface area contributed by atoms with Crippen LogP contribution in [0.15, 0.2) is 27.0 Å². The van der Waals surface area contributed by atoms with Gasteiger partial charge in [0.1, 0.15) is 18.1 Å². The molecule has 0 saturated heterocycles. The van der Waals surface area contributed by atoms with Gasteiger partial charge in [-0.15, -0.1) is 0 Å². The molecule has 0 aliphatic carbocycles. The van der Waals surface area contributed by atoms with E-state index in [-0.39, 0.29) is 11.7 Å². The number of carbonyl (C=O) groups excluding carboxylic acids is 1. The second-order valence-electron chi connectivity index (χ2n) is 6.02. The Hall–Kier alpha value is -2.51. The van der Waals surface area contributed by atoms with E-state index in [1.807, 2.05) is 0 Å². The summed E-state index contributed by atoms with van der Waals surface area (Å²) in [6.07, 6.45) is 0.604. The summed E-state index contributed by atoms with van der Waals surface area (Å²) in [4.78, 5) is 19.0. The van der Waals surface area contributed by atoms with Gasteiger partial charge in [0.25, 0.3) is 5.91 Å². The lowest BCUT2D eigenvalue weighted by atomic mass is 10.1. The Morgan fingerprint density at radius 3 is 2.92 bits per heavy atom. The van der Waals surface area contributed by atoms with E-state index >= 15 is 0 Å². The topological polar surface area (TPSA) is 77.9 Å². The van der Waals surface area contributed by atoms with Crippen molar-refractivity contribution in [3.05, 3.63) is 46.3 Å². The second-order valence-corrected chi connectivity index (χ2v) is 6.46. The van der Waals surface area contributed by atoms with Crippen LogP contribution in [0.1, 0.15) is 27.9 Å². The van der Waals surface area contributed by atoms with Gasteiger partial charge in [-0.1, -0.05) is 11.6 Å². The second kappa shape index (κ2) is 6.66. The Bertz CT molecular complexity index is 978. The number of amides is 1. The summed E-state index contributed by atoms with van der Waals surface area (Å²) in [6.45, 7) is 1.21. The zero-order chi connectivity index (χ0) is 18.3. The SMILES string of the molecule is COCc1nc2c(o1)CCN(C(=O)c1cc3cc(Cl)cc(OC)c3o1)C2. The number of nitrogens with zero attached hydrogens (tertiary/aromatic N) is 2. The van der Waals surface area contributed by atoms with Gasteiger partial charge in [0, 0.05) is 36.6 Å². The summed E-state index contributed by atoms with van der Waals surface area (Å²) in [6, 6.07) is 5.07. The molecule has 0 N–H and O–H groups in total. The number of benzene rings is 1. The number of furan rings is 1. The highest BCUT2D eigenvalue weighted by atomic mass is 35.5. The van der Waals surface area contributed by atoms with Gasteiger partial charge < -0.3 is 23.2 Å². The minimum atomic E-state index is -0.207. The highest BCUT2D eigenvalue weighted by molar-refractivity contribution is 6.31. The molecule has 7 nitrogen and oxygen atoms in total. The van der Waals surface area contributed by atoms with Crippen LogP contribution < -0.4 is 4.74 Å². The average Bonchev–Trinajstić information content (AvgIpc) is 3.23. The van der Waals surface area contributed by atoms with Crippen LogP contribution in [0.25, 0.3) is 11.0 Å². The molecule has 8 heteroatoms. The van der Waals surface area contributed by atoms with Crippen LogP contribution in [0.4, 0.5) is 0 Å². The van der Waals surface area contributed by atoms with E-state index in [4.69, 9.17) is 29.9 Å². The van der Waals surface area contributed by atoms with Crippen molar-refractivity contribution in [2.24, 2.45) is 0 Å². The smallest absolute Gasteiger partial charge is 0.289 e. The minimum Gasteiger partial charge on any atom is -0.493 e. The van der Waals surface area contributed by atoms with E-state index in [0.717, 1.165) is 16.8 Å². The number of hydrogen-bond acceptors (Lipinski definition) is 6. The first-order chi connectivity index (χ1) is 12.6. The molecular formula is C18H17ClN2O5. The third-order valence-electron chi connectivity index (χ3n) is 4.30. The van der Waals surface area contributed by atoms with Gasteiger partial charge in [-0.05, 0) is 12.1 Å². The maximum atomic E-state index is 12.9. The molecule has 3 aromatic rings. The van der Waals surface area contributed by atoms with Crippen LogP contribution >= 0.6 is 11.6 Å². The summed E-state index contributed by atoms with van der Waals surface area (Å²) in [5, 5.41) is 1.24. The third-order valence-corrected chi connectivity index (χ3v) is 4.52. The number of carbonyl (C=O) groups is 1. The van der Waals surface area contributed by atoms with Crippen LogP contribution in [0.5, 0.6) is 5.75 Å². The van der Waals surface area contributed by atoms with Gasteiger partial charge in [-0.25, -0.2) is 4.98 Å². The first kappa shape index (κ1) is 16.9. The average molecular weight is 377 g/mol. The van der Waals surface area contributed by atoms with Crippen molar-refractivity contribution in [2.45, 2.75) is 19.6 Å². The molecule has 26 heavy (non-hydrogen) atoms. The molecule has 2 aromatic heterocycles. The van der Waals surface area contributed by atoms with Crippen molar-refractivity contribution in [1.29, 1.82) is 0 Å². The highest BCUT2D eigenvalue weighted by Crippen LogP contribution is 2.33. The largest absolute Gasteiger partial charge is 0.493 e. The molecule has 1 amide bonds. The van der Waals surface area contributed by atoms with E-state index in [9.17, 15) is 4.79 Å². The van der Waals surface area contributed by atoms with Crippen LogP contribution in [-0.2, 0) is 24.3 Å². The van der Waals surface area contributed by atoms with Crippen molar-refractivity contribution in [2.75, 3.05) is 20.8 Å². The van der Waals surface area contributed by atoms with Crippen LogP contribution in [0, 0.1) is 0 Å². The van der Waals surface area contributed by atoms with Gasteiger partial charge in [0.05, 0.1) is 13.7 Å². The summed E-state index contributed by atoms with van der Waals surface area (Å²) >= 11 is 6.08. The van der Waals surface area contributed by atoms with Crippen LogP contribution in [0.2, 0.25) is 5.02 Å². The molecule has 0 spiro atoms. The Balaban J connectivity index is 1.60. The lowest BCUT2D eigenvalue weighted by Crippen LogP contribution is -2.35. The molecule has 0 fully saturated rings. The monoisotopic (exact) mass is 376 g/mol. The summed E-state index contributed by atoms with van der Waals surface area (Å²) in [5.74, 6) is 1.85. The molecule has 0 saturated carbocycles. The van der Waals surface area contributed by atoms with Crippen molar-refractivity contribution < 1.29 is 23.1 Å². The van der Waals surface area contributed by atoms with Crippen molar-refractivity contribution >= 4 is 28.5 Å². The molecule has 4 rings (SSSR count). The number of methoxy groups -OCH3 is 2. The fraction of sp³-hybridized carbons (Fsp3) is 0.333. The fourth-order valence-electron chi connectivity index (χ4n) is 3.11. The molecule has 3 heterocycles. The normalized spacial score (nSPS) is 13.9. The molecule has 1 aliphatic heterocycles. The molecule has 1 aromatic carbocycles. The van der Waals surface area contributed by atoms with Gasteiger partial charge >= 0.3 is 0 Å². The van der Waals surface area contributed by atoms with Crippen molar-refractivity contribution in [3.8, 4) is 5.75 Å². The molecule has 136 valence electrons. The van der Waals surface area contributed by atoms with E-state index in [1.54, 1.807) is 30.2 Å². The number of aromatic nitrogens is 1. The maximum Gasteiger partial charge on any atom is 0.289 e. The fourth-order valence-corrected chi connectivity index (χ4v) is 3.33. The Morgan fingerprint density at radius 1 is 1.31 bits per heavy atom. The van der Waals surface area contributed by atoms with Gasteiger partial charge in [0.2, 0.25) is 5.89 Å². The van der Waals surface area contributed by atoms with Crippen molar-refractivity contribution in [3.63, 3.8) is 0 Å². The lowest BCUT2D eigenvalue weighted by Gasteiger charge is -2.24. The highest BCUT2D eigenvalue weighted by Gasteiger charge is 2.28. The van der Waals surface area contributed by atoms with E-state index in [1.165, 1.54) is 7.11 Å².